The van der Waals surface area contributed by atoms with Crippen molar-refractivity contribution in [2.75, 3.05) is 5.32 Å². The van der Waals surface area contributed by atoms with E-state index in [0.717, 1.165) is 56.7 Å². The van der Waals surface area contributed by atoms with Gasteiger partial charge in [-0.3, -0.25) is 9.59 Å². The lowest BCUT2D eigenvalue weighted by Gasteiger charge is -2.36. The molecule has 28 heavy (non-hydrogen) atoms. The number of halogens is 1. The quantitative estimate of drug-likeness (QED) is 0.527. The van der Waals surface area contributed by atoms with Gasteiger partial charge in [-0.05, 0) is 61.6 Å². The molecule has 1 aromatic carbocycles. The lowest BCUT2D eigenvalue weighted by Crippen LogP contribution is -2.38. The number of carbonyl (C=O) groups excluding carboxylic acids is 2. The summed E-state index contributed by atoms with van der Waals surface area (Å²) in [6.07, 6.45) is 6.89. The Hall–Kier alpha value is -1.36. The summed E-state index contributed by atoms with van der Waals surface area (Å²) in [5, 5.41) is 2.98. The molecule has 0 bridgehead atoms. The zero-order valence-corrected chi connectivity index (χ0v) is 18.7. The third kappa shape index (κ3) is 6.07. The van der Waals surface area contributed by atoms with Gasteiger partial charge in [-0.15, -0.1) is 0 Å². The third-order valence-corrected chi connectivity index (χ3v) is 6.87. The molecule has 1 aromatic rings. The van der Waals surface area contributed by atoms with E-state index in [-0.39, 0.29) is 16.4 Å². The molecule has 0 spiro atoms. The predicted octanol–water partition coefficient (Wildman–Crippen LogP) is 6.82. The van der Waals surface area contributed by atoms with Crippen LogP contribution in [0.4, 0.5) is 10.1 Å². The normalized spacial score (nSPS) is 16.8. The summed E-state index contributed by atoms with van der Waals surface area (Å²) in [6.45, 7) is 9.91. The van der Waals surface area contributed by atoms with E-state index in [1.54, 1.807) is 6.07 Å². The Balaban J connectivity index is 2.25. The van der Waals surface area contributed by atoms with Crippen molar-refractivity contribution in [1.82, 2.24) is 0 Å². The van der Waals surface area contributed by atoms with Crippen LogP contribution in [0.25, 0.3) is 0 Å². The lowest BCUT2D eigenvalue weighted by atomic mass is 9.69. The average molecular weight is 408 g/mol. The largest absolute Gasteiger partial charge is 0.324 e. The summed E-state index contributed by atoms with van der Waals surface area (Å²) in [6, 6.07) is 4.25. The molecule has 5 heteroatoms. The van der Waals surface area contributed by atoms with Gasteiger partial charge < -0.3 is 5.32 Å². The molecule has 0 unspecified atom stereocenters. The van der Waals surface area contributed by atoms with Crippen molar-refractivity contribution in [2.45, 2.75) is 84.5 Å². The van der Waals surface area contributed by atoms with Crippen LogP contribution in [0.5, 0.6) is 0 Å². The molecule has 1 N–H and O–H groups in total. The summed E-state index contributed by atoms with van der Waals surface area (Å²) in [4.78, 5) is 26.4. The Morgan fingerprint density at radius 1 is 1.18 bits per heavy atom. The molecule has 1 saturated carbocycles. The fraction of sp³-hybridized carbons (Fsp3) is 0.652. The number of amides is 1. The van der Waals surface area contributed by atoms with E-state index in [0.29, 0.717) is 16.5 Å². The van der Waals surface area contributed by atoms with Crippen molar-refractivity contribution in [2.24, 2.45) is 16.7 Å². The van der Waals surface area contributed by atoms with Gasteiger partial charge >= 0.3 is 0 Å². The summed E-state index contributed by atoms with van der Waals surface area (Å²) < 4.78 is 13.9. The first-order valence-electron chi connectivity index (χ1n) is 10.4. The summed E-state index contributed by atoms with van der Waals surface area (Å²) in [5.41, 5.74) is -0.491. The number of thioether (sulfide) groups is 1. The minimum absolute atomic E-state index is 0.0122. The average Bonchev–Trinajstić information content (AvgIpc) is 2.62. The van der Waals surface area contributed by atoms with E-state index < -0.39 is 11.2 Å². The van der Waals surface area contributed by atoms with E-state index >= 15 is 0 Å². The zero-order valence-electron chi connectivity index (χ0n) is 17.9. The van der Waals surface area contributed by atoms with E-state index in [1.807, 2.05) is 20.8 Å². The molecule has 1 amide bonds. The van der Waals surface area contributed by atoms with Gasteiger partial charge in [0.2, 0.25) is 5.91 Å². The first kappa shape index (κ1) is 22.9. The van der Waals surface area contributed by atoms with Crippen LogP contribution in [0.1, 0.15) is 79.6 Å². The van der Waals surface area contributed by atoms with Gasteiger partial charge in [0.15, 0.2) is 5.12 Å². The van der Waals surface area contributed by atoms with E-state index in [9.17, 15) is 14.0 Å². The molecule has 1 aliphatic carbocycles. The molecule has 0 radical (unpaired) electrons. The maximum absolute atomic E-state index is 13.9. The van der Waals surface area contributed by atoms with Crippen molar-refractivity contribution in [3.05, 3.63) is 24.0 Å². The number of hydrogen-bond donors (Lipinski definition) is 1. The Morgan fingerprint density at radius 2 is 1.82 bits per heavy atom. The molecule has 0 aliphatic heterocycles. The van der Waals surface area contributed by atoms with Gasteiger partial charge in [0.05, 0.1) is 5.69 Å². The highest BCUT2D eigenvalue weighted by atomic mass is 32.2. The molecular formula is C23H34FNO2S. The van der Waals surface area contributed by atoms with Gasteiger partial charge in [0.25, 0.3) is 0 Å². The second-order valence-electron chi connectivity index (χ2n) is 9.51. The monoisotopic (exact) mass is 407 g/mol. The minimum atomic E-state index is -0.512. The Kier molecular flexibility index (Phi) is 7.72. The minimum Gasteiger partial charge on any atom is -0.324 e. The van der Waals surface area contributed by atoms with Crippen LogP contribution >= 0.6 is 11.8 Å². The van der Waals surface area contributed by atoms with Crippen molar-refractivity contribution < 1.29 is 14.0 Å². The van der Waals surface area contributed by atoms with Crippen LogP contribution in [-0.4, -0.2) is 11.0 Å². The van der Waals surface area contributed by atoms with Gasteiger partial charge in [-0.25, -0.2) is 4.39 Å². The van der Waals surface area contributed by atoms with Crippen LogP contribution in [0, 0.1) is 22.6 Å². The maximum Gasteiger partial charge on any atom is 0.230 e. The van der Waals surface area contributed by atoms with Gasteiger partial charge in [0.1, 0.15) is 5.82 Å². The first-order chi connectivity index (χ1) is 13.0. The second kappa shape index (κ2) is 9.43. The van der Waals surface area contributed by atoms with Crippen molar-refractivity contribution >= 4 is 28.5 Å². The van der Waals surface area contributed by atoms with Crippen LogP contribution in [-0.2, 0) is 9.59 Å². The molecule has 0 saturated heterocycles. The van der Waals surface area contributed by atoms with E-state index in [4.69, 9.17) is 0 Å². The highest BCUT2D eigenvalue weighted by Crippen LogP contribution is 2.43. The number of rotatable bonds is 6. The number of carbonyl (C=O) groups is 2. The Morgan fingerprint density at radius 3 is 2.39 bits per heavy atom. The Labute approximate surface area is 173 Å². The predicted molar refractivity (Wildman–Crippen MR) is 115 cm³/mol. The van der Waals surface area contributed by atoms with Crippen molar-refractivity contribution in [3.8, 4) is 0 Å². The van der Waals surface area contributed by atoms with Crippen molar-refractivity contribution in [3.63, 3.8) is 0 Å². The second-order valence-corrected chi connectivity index (χ2v) is 10.5. The van der Waals surface area contributed by atoms with Crippen LogP contribution in [0.15, 0.2) is 23.1 Å². The van der Waals surface area contributed by atoms with Crippen LogP contribution < -0.4 is 5.32 Å². The fourth-order valence-corrected chi connectivity index (χ4v) is 4.44. The van der Waals surface area contributed by atoms with E-state index in [1.165, 1.54) is 12.1 Å². The number of benzene rings is 1. The molecule has 156 valence electrons. The number of hydrogen-bond acceptors (Lipinski definition) is 3. The smallest absolute Gasteiger partial charge is 0.230 e. The maximum atomic E-state index is 13.9. The number of nitrogens with one attached hydrogen (secondary N) is 1. The molecule has 0 heterocycles. The summed E-state index contributed by atoms with van der Waals surface area (Å²) >= 11 is 1.07. The van der Waals surface area contributed by atoms with Crippen molar-refractivity contribution in [1.29, 1.82) is 0 Å². The van der Waals surface area contributed by atoms with Gasteiger partial charge in [0, 0.05) is 15.7 Å². The summed E-state index contributed by atoms with van der Waals surface area (Å²) in [5.74, 6) is 0.0996. The van der Waals surface area contributed by atoms with Gasteiger partial charge in [-0.1, -0.05) is 53.9 Å². The highest BCUT2D eigenvalue weighted by molar-refractivity contribution is 8.13. The van der Waals surface area contributed by atoms with E-state index in [2.05, 4.69) is 19.2 Å². The molecular weight excluding hydrogens is 373 g/mol. The standard InChI is InChI=1S/C23H34FNO2S/c1-16(2)11-14-23(12-7-6-8-13-23)20(26)25-18-15-17(24)9-10-19(18)28-21(27)22(3,4)5/h9-10,15-16H,6-8,11-14H2,1-5H3,(H,25,26). The topological polar surface area (TPSA) is 46.2 Å². The molecule has 0 atom stereocenters. The zero-order chi connectivity index (χ0) is 20.9. The fourth-order valence-electron chi connectivity index (χ4n) is 3.58. The number of anilines is 1. The highest BCUT2D eigenvalue weighted by Gasteiger charge is 2.39. The Bertz CT molecular complexity index is 703. The molecule has 3 nitrogen and oxygen atoms in total. The first-order valence-corrected chi connectivity index (χ1v) is 11.2. The SMILES string of the molecule is CC(C)CCC1(C(=O)Nc2cc(F)ccc2SC(=O)C(C)(C)C)CCCCC1. The molecule has 0 aromatic heterocycles. The van der Waals surface area contributed by atoms with Crippen LogP contribution in [0.3, 0.4) is 0 Å². The molecule has 2 rings (SSSR count). The lowest BCUT2D eigenvalue weighted by molar-refractivity contribution is -0.128. The summed E-state index contributed by atoms with van der Waals surface area (Å²) in [7, 11) is 0. The molecule has 1 fully saturated rings. The molecule has 1 aliphatic rings. The van der Waals surface area contributed by atoms with Crippen LogP contribution in [0.2, 0.25) is 0 Å². The third-order valence-electron chi connectivity index (χ3n) is 5.50. The van der Waals surface area contributed by atoms with Gasteiger partial charge in [-0.2, -0.15) is 0 Å².